The minimum absolute atomic E-state index is 0.479. The van der Waals surface area contributed by atoms with Crippen LogP contribution in [0.15, 0.2) is 42.6 Å². The van der Waals surface area contributed by atoms with Crippen LogP contribution in [0.25, 0.3) is 11.3 Å². The van der Waals surface area contributed by atoms with Gasteiger partial charge in [-0.2, -0.15) is 13.2 Å². The third-order valence-corrected chi connectivity index (χ3v) is 3.06. The van der Waals surface area contributed by atoms with E-state index in [0.29, 0.717) is 11.1 Å². The van der Waals surface area contributed by atoms with Gasteiger partial charge in [0, 0.05) is 17.7 Å². The highest BCUT2D eigenvalue weighted by Gasteiger charge is 2.41. The number of aryl methyl sites for hydroxylation is 2. The summed E-state index contributed by atoms with van der Waals surface area (Å²) in [4.78, 5) is 0. The van der Waals surface area contributed by atoms with Crippen LogP contribution in [-0.4, -0.2) is 6.18 Å². The normalized spacial score (nSPS) is 15.6. The van der Waals surface area contributed by atoms with Crippen LogP contribution in [0, 0.1) is 6.92 Å². The summed E-state index contributed by atoms with van der Waals surface area (Å²) in [6, 6.07) is 8.94. The van der Waals surface area contributed by atoms with Gasteiger partial charge in [0.1, 0.15) is 7.05 Å². The highest BCUT2D eigenvalue weighted by atomic mass is 19.4. The lowest BCUT2D eigenvalue weighted by atomic mass is 9.99. The fourth-order valence-corrected chi connectivity index (χ4v) is 2.05. The van der Waals surface area contributed by atoms with Gasteiger partial charge in [-0.05, 0) is 30.2 Å². The molecule has 1 unspecified atom stereocenters. The van der Waals surface area contributed by atoms with Crippen molar-refractivity contribution >= 4 is 0 Å². The van der Waals surface area contributed by atoms with Crippen LogP contribution in [0.2, 0.25) is 0 Å². The van der Waals surface area contributed by atoms with E-state index >= 15 is 0 Å². The maximum Gasteiger partial charge on any atom is 0.423 e. The van der Waals surface area contributed by atoms with Gasteiger partial charge in [0.2, 0.25) is 11.8 Å². The lowest BCUT2D eigenvalue weighted by molar-refractivity contribution is -0.660. The molecule has 0 radical (unpaired) electrons. The summed E-state index contributed by atoms with van der Waals surface area (Å²) in [6.07, 6.45) is -7.56. The summed E-state index contributed by atoms with van der Waals surface area (Å²) in [6.45, 7) is 1.60. The largest absolute Gasteiger partial charge is 0.423 e. The van der Waals surface area contributed by atoms with Crippen molar-refractivity contribution in [2.75, 3.05) is 0 Å². The molecule has 106 valence electrons. The maximum absolute atomic E-state index is 13.7. The molecule has 0 saturated heterocycles. The Bertz CT molecular complexity index is 665. The molecule has 2 aromatic rings. The predicted octanol–water partition coefficient (Wildman–Crippen LogP) is 4.06. The van der Waals surface area contributed by atoms with Crippen LogP contribution in [0.1, 0.15) is 18.6 Å². The molecule has 0 N–H and O–H groups in total. The average molecular weight is 285 g/mol. The van der Waals surface area contributed by atoms with Crippen molar-refractivity contribution in [2.45, 2.75) is 19.2 Å². The average Bonchev–Trinajstić information content (AvgIpc) is 2.38. The second-order valence-corrected chi connectivity index (χ2v) is 4.54. The molecule has 0 amide bonds. The number of hydrogen-bond acceptors (Lipinski definition) is 0. The number of nitrogens with zero attached hydrogens (tertiary/aromatic N) is 1. The molecular weight excluding hydrogens is 270 g/mol. The van der Waals surface area contributed by atoms with Crippen LogP contribution >= 0.6 is 0 Å². The zero-order valence-electron chi connectivity index (χ0n) is 12.0. The molecule has 0 aliphatic heterocycles. The molecule has 1 heterocycles. The first kappa shape index (κ1) is 13.1. The van der Waals surface area contributed by atoms with Crippen LogP contribution in [-0.2, 0) is 7.05 Å². The summed E-state index contributed by atoms with van der Waals surface area (Å²) < 4.78 is 60.1. The van der Waals surface area contributed by atoms with E-state index in [0.717, 1.165) is 17.8 Å². The molecule has 0 aliphatic rings. The fourth-order valence-electron chi connectivity index (χ4n) is 2.05. The standard InChI is InChI=1S/C15H14F4N/c1-10-9-11(14(16)15(17,18)19)6-7-12(10)13-5-3-4-8-20(13)2/h3-9,14H,1-2H3/q+1/i14D. The number of benzene rings is 1. The van der Waals surface area contributed by atoms with Crippen molar-refractivity contribution in [3.8, 4) is 11.3 Å². The smallest absolute Gasteiger partial charge is 0.232 e. The number of aromatic nitrogens is 1. The van der Waals surface area contributed by atoms with Gasteiger partial charge >= 0.3 is 6.18 Å². The van der Waals surface area contributed by atoms with Gasteiger partial charge in [0.15, 0.2) is 6.20 Å². The first-order chi connectivity index (χ1) is 9.64. The van der Waals surface area contributed by atoms with Gasteiger partial charge in [-0.15, -0.1) is 0 Å². The number of halogens is 4. The van der Waals surface area contributed by atoms with Gasteiger partial charge in [0.25, 0.3) is 0 Å². The van der Waals surface area contributed by atoms with E-state index < -0.39 is 17.9 Å². The molecular formula is C15H14F4N+. The van der Waals surface area contributed by atoms with E-state index in [4.69, 9.17) is 1.37 Å². The van der Waals surface area contributed by atoms with E-state index in [1.54, 1.807) is 6.92 Å². The molecule has 1 aromatic carbocycles. The van der Waals surface area contributed by atoms with Crippen molar-refractivity contribution in [3.05, 3.63) is 53.7 Å². The lowest BCUT2D eigenvalue weighted by Gasteiger charge is -2.14. The molecule has 0 aliphatic carbocycles. The Kier molecular flexibility index (Phi) is 3.42. The molecule has 0 spiro atoms. The monoisotopic (exact) mass is 285 g/mol. The Morgan fingerprint density at radius 1 is 1.20 bits per heavy atom. The second-order valence-electron chi connectivity index (χ2n) is 4.54. The van der Waals surface area contributed by atoms with Crippen LogP contribution in [0.4, 0.5) is 17.6 Å². The summed E-state index contributed by atoms with van der Waals surface area (Å²) in [5, 5.41) is 0. The zero-order chi connectivity index (χ0) is 15.8. The topological polar surface area (TPSA) is 3.88 Å². The molecule has 0 fully saturated rings. The minimum Gasteiger partial charge on any atom is -0.232 e. The Morgan fingerprint density at radius 2 is 1.90 bits per heavy atom. The van der Waals surface area contributed by atoms with Crippen LogP contribution in [0.5, 0.6) is 0 Å². The minimum atomic E-state index is -5.27. The number of hydrogen-bond donors (Lipinski definition) is 0. The molecule has 1 atom stereocenters. The highest BCUT2D eigenvalue weighted by molar-refractivity contribution is 5.61. The molecule has 1 aromatic heterocycles. The predicted molar refractivity (Wildman–Crippen MR) is 67.7 cm³/mol. The van der Waals surface area contributed by atoms with Gasteiger partial charge < -0.3 is 0 Å². The zero-order valence-corrected chi connectivity index (χ0v) is 11.0. The summed E-state index contributed by atoms with van der Waals surface area (Å²) in [5.74, 6) is 0. The maximum atomic E-state index is 13.7. The fraction of sp³-hybridized carbons (Fsp3) is 0.267. The molecule has 20 heavy (non-hydrogen) atoms. The van der Waals surface area contributed by atoms with Crippen molar-refractivity contribution < 1.29 is 23.5 Å². The first-order valence-electron chi connectivity index (χ1n) is 6.46. The molecule has 5 heteroatoms. The van der Waals surface area contributed by atoms with E-state index in [2.05, 4.69) is 0 Å². The van der Waals surface area contributed by atoms with Gasteiger partial charge in [-0.3, -0.25) is 0 Å². The highest BCUT2D eigenvalue weighted by Crippen LogP contribution is 2.37. The quantitative estimate of drug-likeness (QED) is 0.578. The van der Waals surface area contributed by atoms with Crippen LogP contribution in [0.3, 0.4) is 0 Å². The van der Waals surface area contributed by atoms with Gasteiger partial charge in [-0.25, -0.2) is 8.96 Å². The Hall–Kier alpha value is -1.91. The number of alkyl halides is 4. The number of pyridine rings is 1. The van der Waals surface area contributed by atoms with Gasteiger partial charge in [0.05, 0.1) is 1.37 Å². The molecule has 2 rings (SSSR count). The van der Waals surface area contributed by atoms with Crippen LogP contribution < -0.4 is 4.57 Å². The third kappa shape index (κ3) is 2.81. The van der Waals surface area contributed by atoms with Gasteiger partial charge in [-0.1, -0.05) is 12.1 Å². The number of rotatable bonds is 2. The van der Waals surface area contributed by atoms with E-state index in [9.17, 15) is 17.6 Å². The summed E-state index contributed by atoms with van der Waals surface area (Å²) >= 11 is 0. The van der Waals surface area contributed by atoms with Crippen molar-refractivity contribution in [2.24, 2.45) is 7.05 Å². The van der Waals surface area contributed by atoms with E-state index in [1.807, 2.05) is 36.0 Å². The Balaban J connectivity index is 2.51. The van der Waals surface area contributed by atoms with E-state index in [1.165, 1.54) is 6.07 Å². The summed E-state index contributed by atoms with van der Waals surface area (Å²) in [7, 11) is 1.81. The SMILES string of the molecule is [2H]C(F)(c1ccc(-c2cccc[n+]2C)c(C)c1)C(F)(F)F. The first-order valence-corrected chi connectivity index (χ1v) is 5.96. The molecule has 0 saturated carbocycles. The summed E-state index contributed by atoms with van der Waals surface area (Å²) in [5.41, 5.74) is 1.26. The van der Waals surface area contributed by atoms with Crippen molar-refractivity contribution in [3.63, 3.8) is 0 Å². The Morgan fingerprint density at radius 3 is 2.45 bits per heavy atom. The second kappa shape index (κ2) is 5.23. The van der Waals surface area contributed by atoms with E-state index in [-0.39, 0.29) is 0 Å². The Labute approximate surface area is 115 Å². The van der Waals surface area contributed by atoms with Crippen molar-refractivity contribution in [1.29, 1.82) is 0 Å². The van der Waals surface area contributed by atoms with Crippen molar-refractivity contribution in [1.82, 2.24) is 0 Å². The molecule has 0 bridgehead atoms. The third-order valence-electron chi connectivity index (χ3n) is 3.06. The lowest BCUT2D eigenvalue weighted by Crippen LogP contribution is -2.30. The molecule has 1 nitrogen and oxygen atoms in total.